The van der Waals surface area contributed by atoms with Crippen molar-refractivity contribution in [2.75, 3.05) is 47.0 Å². The fourth-order valence-electron chi connectivity index (χ4n) is 7.32. The molecule has 2 aromatic heterocycles. The van der Waals surface area contributed by atoms with Crippen LogP contribution >= 0.6 is 0 Å². The summed E-state index contributed by atoms with van der Waals surface area (Å²) < 4.78 is 48.4. The lowest BCUT2D eigenvalue weighted by atomic mass is 9.95. The summed E-state index contributed by atoms with van der Waals surface area (Å²) in [5, 5.41) is 14.4. The van der Waals surface area contributed by atoms with Crippen LogP contribution in [0, 0.1) is 0 Å². The number of carbonyl (C=O) groups is 3. The van der Waals surface area contributed by atoms with E-state index in [0.717, 1.165) is 16.7 Å². The maximum absolute atomic E-state index is 15.2. The van der Waals surface area contributed by atoms with Crippen LogP contribution in [0.4, 0.5) is 13.6 Å². The lowest BCUT2D eigenvalue weighted by Gasteiger charge is -2.37. The van der Waals surface area contributed by atoms with Crippen molar-refractivity contribution in [3.8, 4) is 11.3 Å². The number of ether oxygens (including phenoxy) is 3. The van der Waals surface area contributed by atoms with E-state index in [1.165, 1.54) is 12.1 Å². The molecule has 55 heavy (non-hydrogen) atoms. The Labute approximate surface area is 321 Å². The SMILES string of the molecule is CCn1c(-c2cccnc2[C@H](C)OC)c(CC(F)(F)CO)c2cc(C3=CCCN(C[C@H](NC(=O)OC(C)(C)C)C(=O)N4CCC[C@@H](C(=O)OC)N4)C3)ccc21. The number of aromatic nitrogens is 2. The van der Waals surface area contributed by atoms with E-state index >= 15 is 8.78 Å². The minimum Gasteiger partial charge on any atom is -0.468 e. The number of amides is 2. The Morgan fingerprint density at radius 3 is 2.58 bits per heavy atom. The number of fused-ring (bicyclic) bond motifs is 1. The summed E-state index contributed by atoms with van der Waals surface area (Å²) in [5.74, 6) is -4.28. The lowest BCUT2D eigenvalue weighted by molar-refractivity contribution is -0.150. The number of alkyl carbamates (subject to hydrolysis) is 1. The van der Waals surface area contributed by atoms with Crippen molar-refractivity contribution >= 4 is 34.4 Å². The molecule has 2 aliphatic rings. The van der Waals surface area contributed by atoms with Gasteiger partial charge in [0.1, 0.15) is 24.3 Å². The molecule has 3 atom stereocenters. The van der Waals surface area contributed by atoms with Crippen molar-refractivity contribution in [3.05, 3.63) is 59.4 Å². The molecule has 0 radical (unpaired) electrons. The van der Waals surface area contributed by atoms with Gasteiger partial charge < -0.3 is 29.2 Å². The second-order valence-electron chi connectivity index (χ2n) is 15.1. The number of rotatable bonds is 13. The van der Waals surface area contributed by atoms with Gasteiger partial charge in [-0.05, 0) is 94.8 Å². The van der Waals surface area contributed by atoms with Gasteiger partial charge in [-0.25, -0.2) is 19.0 Å². The summed E-state index contributed by atoms with van der Waals surface area (Å²) in [4.78, 5) is 45.9. The zero-order chi connectivity index (χ0) is 40.1. The molecule has 5 rings (SSSR count). The van der Waals surface area contributed by atoms with Gasteiger partial charge in [0.15, 0.2) is 0 Å². The number of pyridine rings is 1. The summed E-state index contributed by atoms with van der Waals surface area (Å²) in [6, 6.07) is 7.75. The molecule has 15 heteroatoms. The molecular weight excluding hydrogens is 714 g/mol. The number of aliphatic hydroxyl groups excluding tert-OH is 1. The molecule has 0 aliphatic carbocycles. The Bertz CT molecular complexity index is 1890. The minimum absolute atomic E-state index is 0.143. The van der Waals surface area contributed by atoms with Crippen molar-refractivity contribution < 1.29 is 42.5 Å². The predicted molar refractivity (Wildman–Crippen MR) is 204 cm³/mol. The number of nitrogens with zero attached hydrogens (tertiary/aromatic N) is 4. The first-order chi connectivity index (χ1) is 26.1. The van der Waals surface area contributed by atoms with Crippen LogP contribution in [0.1, 0.15) is 76.8 Å². The van der Waals surface area contributed by atoms with E-state index in [1.54, 1.807) is 40.1 Å². The maximum atomic E-state index is 15.2. The summed E-state index contributed by atoms with van der Waals surface area (Å²) in [5.41, 5.74) is 6.98. The van der Waals surface area contributed by atoms with Gasteiger partial charge in [-0.3, -0.25) is 24.5 Å². The van der Waals surface area contributed by atoms with Crippen LogP contribution in [0.25, 0.3) is 27.7 Å². The lowest BCUT2D eigenvalue weighted by Crippen LogP contribution is -2.62. The smallest absolute Gasteiger partial charge is 0.408 e. The first kappa shape index (κ1) is 41.7. The molecule has 0 spiro atoms. The van der Waals surface area contributed by atoms with E-state index in [2.05, 4.69) is 26.7 Å². The molecule has 3 aromatic rings. The van der Waals surface area contributed by atoms with Crippen LogP contribution in [0.3, 0.4) is 0 Å². The Morgan fingerprint density at radius 1 is 1.15 bits per heavy atom. The molecule has 13 nitrogen and oxygen atoms in total. The number of aryl methyl sites for hydroxylation is 1. The number of carbonyl (C=O) groups excluding carboxylic acids is 3. The quantitative estimate of drug-likeness (QED) is 0.197. The van der Waals surface area contributed by atoms with E-state index in [4.69, 9.17) is 14.2 Å². The second kappa shape index (κ2) is 17.6. The van der Waals surface area contributed by atoms with E-state index in [1.807, 2.05) is 42.7 Å². The normalized spacial score (nSPS) is 18.1. The first-order valence-corrected chi connectivity index (χ1v) is 18.8. The van der Waals surface area contributed by atoms with Gasteiger partial charge in [0.05, 0.1) is 24.6 Å². The monoisotopic (exact) mass is 768 g/mol. The highest BCUT2D eigenvalue weighted by Gasteiger charge is 2.36. The number of halogens is 2. The summed E-state index contributed by atoms with van der Waals surface area (Å²) >= 11 is 0. The first-order valence-electron chi connectivity index (χ1n) is 18.8. The third-order valence-corrected chi connectivity index (χ3v) is 9.95. The molecule has 300 valence electrons. The van der Waals surface area contributed by atoms with Crippen LogP contribution in [0.2, 0.25) is 0 Å². The minimum atomic E-state index is -3.38. The Morgan fingerprint density at radius 2 is 1.91 bits per heavy atom. The van der Waals surface area contributed by atoms with Crippen molar-refractivity contribution in [1.82, 2.24) is 30.2 Å². The number of nitrogens with one attached hydrogen (secondary N) is 2. The van der Waals surface area contributed by atoms with Gasteiger partial charge in [0.25, 0.3) is 11.8 Å². The summed E-state index contributed by atoms with van der Waals surface area (Å²) in [6.07, 6.45) is 3.62. The third kappa shape index (κ3) is 9.87. The number of alkyl halides is 2. The number of hydrogen-bond donors (Lipinski definition) is 3. The number of hydrazine groups is 1. The molecule has 0 bridgehead atoms. The summed E-state index contributed by atoms with van der Waals surface area (Å²) in [6.45, 7) is 9.70. The Kier molecular flexibility index (Phi) is 13.3. The van der Waals surface area contributed by atoms with E-state index in [-0.39, 0.29) is 6.54 Å². The molecule has 1 saturated heterocycles. The largest absolute Gasteiger partial charge is 0.468 e. The number of methoxy groups -OCH3 is 2. The van der Waals surface area contributed by atoms with Crippen LogP contribution in [0.15, 0.2) is 42.6 Å². The van der Waals surface area contributed by atoms with Crippen LogP contribution in [0.5, 0.6) is 0 Å². The van der Waals surface area contributed by atoms with Crippen LogP contribution < -0.4 is 10.7 Å². The number of hydrogen-bond acceptors (Lipinski definition) is 10. The molecule has 2 aliphatic heterocycles. The van der Waals surface area contributed by atoms with Crippen LogP contribution in [-0.2, 0) is 36.8 Å². The average Bonchev–Trinajstić information content (AvgIpc) is 3.47. The number of benzene rings is 1. The molecule has 1 aromatic carbocycles. The van der Waals surface area contributed by atoms with Crippen molar-refractivity contribution in [2.24, 2.45) is 0 Å². The van der Waals surface area contributed by atoms with Gasteiger partial charge >= 0.3 is 12.1 Å². The highest BCUT2D eigenvalue weighted by Crippen LogP contribution is 2.41. The predicted octanol–water partition coefficient (Wildman–Crippen LogP) is 5.25. The molecule has 0 unspecified atom stereocenters. The van der Waals surface area contributed by atoms with Crippen LogP contribution in [-0.4, -0.2) is 113 Å². The van der Waals surface area contributed by atoms with Gasteiger partial charge in [-0.2, -0.15) is 0 Å². The standard InChI is InChI=1S/C40H54F2N6O7/c1-8-47-33-16-15-26(20-29(33)30(21-40(41,42)24-49)35(47)28-13-9-17-43-34(28)25(2)53-6)27-12-10-18-46(22-27)23-32(44-38(52)55-39(3,4)5)36(50)48-19-11-14-31(45-48)37(51)54-7/h9,12-13,15-17,20,25,31-32,45,49H,8,10-11,14,18-19,21-24H2,1-7H3,(H,44,52)/t25-,31-,32-/m0/s1. The number of esters is 1. The van der Waals surface area contributed by atoms with Crippen molar-refractivity contribution in [3.63, 3.8) is 0 Å². The zero-order valence-electron chi connectivity index (χ0n) is 32.8. The maximum Gasteiger partial charge on any atom is 0.408 e. The van der Waals surface area contributed by atoms with Crippen molar-refractivity contribution in [2.45, 2.75) is 96.6 Å². The molecular formula is C40H54F2N6O7. The van der Waals surface area contributed by atoms with E-state index in [9.17, 15) is 19.5 Å². The zero-order valence-corrected chi connectivity index (χ0v) is 32.8. The number of aliphatic hydroxyl groups is 1. The van der Waals surface area contributed by atoms with Gasteiger partial charge in [-0.15, -0.1) is 0 Å². The fourth-order valence-corrected chi connectivity index (χ4v) is 7.32. The molecule has 1 fully saturated rings. The second-order valence-corrected chi connectivity index (χ2v) is 15.1. The molecule has 4 heterocycles. The molecule has 3 N–H and O–H groups in total. The van der Waals surface area contributed by atoms with Crippen molar-refractivity contribution in [1.29, 1.82) is 0 Å². The van der Waals surface area contributed by atoms with Gasteiger partial charge in [0.2, 0.25) is 0 Å². The Hall–Kier alpha value is -4.44. The molecule has 2 amide bonds. The van der Waals surface area contributed by atoms with Gasteiger partial charge in [-0.1, -0.05) is 12.1 Å². The molecule has 0 saturated carbocycles. The topological polar surface area (TPSA) is 147 Å². The summed E-state index contributed by atoms with van der Waals surface area (Å²) in [7, 11) is 2.86. The van der Waals surface area contributed by atoms with E-state index < -0.39 is 60.7 Å². The highest BCUT2D eigenvalue weighted by molar-refractivity contribution is 5.95. The van der Waals surface area contributed by atoms with E-state index in [0.29, 0.717) is 73.3 Å². The van der Waals surface area contributed by atoms with Gasteiger partial charge in [0, 0.05) is 68.9 Å². The fraction of sp³-hybridized carbons (Fsp3) is 0.550. The average molecular weight is 769 g/mol. The third-order valence-electron chi connectivity index (χ3n) is 9.95. The Balaban J connectivity index is 1.49. The highest BCUT2D eigenvalue weighted by atomic mass is 19.3.